The lowest BCUT2D eigenvalue weighted by molar-refractivity contribution is -0.383. The molecule has 0 bridgehead atoms. The lowest BCUT2D eigenvalue weighted by Gasteiger charge is -2.32. The second-order valence-corrected chi connectivity index (χ2v) is 6.28. The number of nitrogens with one attached hydrogen (secondary N) is 2. The monoisotopic (exact) mass is 413 g/mol. The molecule has 0 unspecified atom stereocenters. The number of hydrazine groups is 1. The molecule has 0 atom stereocenters. The first-order valence-corrected chi connectivity index (χ1v) is 8.53. The molecular weight excluding hydrogens is 395 g/mol. The highest BCUT2D eigenvalue weighted by Crippen LogP contribution is 2.32. The van der Waals surface area contributed by atoms with Crippen molar-refractivity contribution in [2.45, 2.75) is 6.36 Å². The van der Waals surface area contributed by atoms with Crippen molar-refractivity contribution in [1.82, 2.24) is 19.9 Å². The van der Waals surface area contributed by atoms with Gasteiger partial charge in [-0.15, -0.1) is 13.2 Å². The SMILES string of the molecule is CN1CCN(Nc2ncnc(Nc3ccc(OC(F)(F)F)cc3)c2[N+](=O)[O-])CC1. The number of hydrogen-bond donors (Lipinski definition) is 2. The fraction of sp³-hybridized carbons (Fsp3) is 0.375. The molecule has 10 nitrogen and oxygen atoms in total. The Hall–Kier alpha value is -3.19. The maximum absolute atomic E-state index is 12.2. The summed E-state index contributed by atoms with van der Waals surface area (Å²) < 4.78 is 40.5. The molecule has 1 aromatic heterocycles. The first-order chi connectivity index (χ1) is 13.7. The van der Waals surface area contributed by atoms with Crippen LogP contribution < -0.4 is 15.5 Å². The number of alkyl halides is 3. The Bertz CT molecular complexity index is 856. The van der Waals surface area contributed by atoms with Gasteiger partial charge in [-0.2, -0.15) is 0 Å². The van der Waals surface area contributed by atoms with Gasteiger partial charge in [-0.25, -0.2) is 15.0 Å². The van der Waals surface area contributed by atoms with E-state index in [9.17, 15) is 23.3 Å². The fourth-order valence-corrected chi connectivity index (χ4v) is 2.67. The quantitative estimate of drug-likeness (QED) is 0.546. The van der Waals surface area contributed by atoms with Gasteiger partial charge < -0.3 is 15.0 Å². The van der Waals surface area contributed by atoms with E-state index < -0.39 is 17.0 Å². The van der Waals surface area contributed by atoms with Gasteiger partial charge in [-0.05, 0) is 31.3 Å². The Morgan fingerprint density at radius 3 is 2.31 bits per heavy atom. The first kappa shape index (κ1) is 20.5. The number of benzene rings is 1. The van der Waals surface area contributed by atoms with E-state index in [4.69, 9.17) is 0 Å². The van der Waals surface area contributed by atoms with Gasteiger partial charge >= 0.3 is 12.0 Å². The minimum absolute atomic E-state index is 0.0223. The number of piperazine rings is 1. The molecule has 1 aromatic carbocycles. The molecule has 1 saturated heterocycles. The number of aromatic nitrogens is 2. The minimum atomic E-state index is -4.80. The summed E-state index contributed by atoms with van der Waals surface area (Å²) in [6.07, 6.45) is -3.64. The molecular formula is C16H18F3N7O3. The number of nitro groups is 1. The molecule has 156 valence electrons. The van der Waals surface area contributed by atoms with E-state index in [0.717, 1.165) is 31.5 Å². The summed E-state index contributed by atoms with van der Waals surface area (Å²) in [6, 6.07) is 4.76. The zero-order chi connectivity index (χ0) is 21.0. The Morgan fingerprint density at radius 1 is 1.10 bits per heavy atom. The van der Waals surface area contributed by atoms with Crippen LogP contribution in [0.2, 0.25) is 0 Å². The van der Waals surface area contributed by atoms with Crippen LogP contribution in [0.4, 0.5) is 36.2 Å². The van der Waals surface area contributed by atoms with Crippen molar-refractivity contribution in [2.24, 2.45) is 0 Å². The van der Waals surface area contributed by atoms with Crippen molar-refractivity contribution in [3.63, 3.8) is 0 Å². The molecule has 1 aliphatic rings. The first-order valence-electron chi connectivity index (χ1n) is 8.53. The summed E-state index contributed by atoms with van der Waals surface area (Å²) in [7, 11) is 1.98. The van der Waals surface area contributed by atoms with Crippen LogP contribution in [0.5, 0.6) is 5.75 Å². The van der Waals surface area contributed by atoms with E-state index in [-0.39, 0.29) is 17.3 Å². The van der Waals surface area contributed by atoms with Gasteiger partial charge in [0.15, 0.2) is 0 Å². The van der Waals surface area contributed by atoms with E-state index in [0.29, 0.717) is 18.8 Å². The van der Waals surface area contributed by atoms with Crippen LogP contribution in [0.15, 0.2) is 30.6 Å². The molecule has 0 radical (unpaired) electrons. The molecule has 2 N–H and O–H groups in total. The summed E-state index contributed by atoms with van der Waals surface area (Å²) in [5, 5.41) is 16.2. The number of rotatable bonds is 6. The zero-order valence-electron chi connectivity index (χ0n) is 15.3. The van der Waals surface area contributed by atoms with Gasteiger partial charge in [-0.1, -0.05) is 0 Å². The second-order valence-electron chi connectivity index (χ2n) is 6.28. The lowest BCUT2D eigenvalue weighted by Crippen LogP contribution is -2.47. The predicted molar refractivity (Wildman–Crippen MR) is 97.8 cm³/mol. The molecule has 0 aliphatic carbocycles. The van der Waals surface area contributed by atoms with Crippen LogP contribution in [0.1, 0.15) is 0 Å². The molecule has 0 spiro atoms. The number of anilines is 3. The predicted octanol–water partition coefficient (Wildman–Crippen LogP) is 2.60. The number of likely N-dealkylation sites (N-methyl/N-ethyl adjacent to an activating group) is 1. The smallest absolute Gasteiger partial charge is 0.406 e. The molecule has 3 rings (SSSR count). The minimum Gasteiger partial charge on any atom is -0.406 e. The zero-order valence-corrected chi connectivity index (χ0v) is 15.3. The van der Waals surface area contributed by atoms with Gasteiger partial charge in [-0.3, -0.25) is 15.5 Å². The molecule has 0 saturated carbocycles. The van der Waals surface area contributed by atoms with Crippen LogP contribution in [0.3, 0.4) is 0 Å². The summed E-state index contributed by atoms with van der Waals surface area (Å²) in [5.41, 5.74) is 2.87. The van der Waals surface area contributed by atoms with Crippen LogP contribution >= 0.6 is 0 Å². The van der Waals surface area contributed by atoms with Crippen molar-refractivity contribution in [3.8, 4) is 5.75 Å². The van der Waals surface area contributed by atoms with Gasteiger partial charge in [0.1, 0.15) is 12.1 Å². The number of nitrogens with zero attached hydrogens (tertiary/aromatic N) is 5. The van der Waals surface area contributed by atoms with Crippen LogP contribution in [0.25, 0.3) is 0 Å². The van der Waals surface area contributed by atoms with E-state index in [1.54, 1.807) is 0 Å². The van der Waals surface area contributed by atoms with E-state index in [2.05, 4.69) is 30.3 Å². The lowest BCUT2D eigenvalue weighted by atomic mass is 10.3. The Labute approximate surface area is 163 Å². The van der Waals surface area contributed by atoms with Crippen LogP contribution in [-0.2, 0) is 0 Å². The number of halogens is 3. The second kappa shape index (κ2) is 8.45. The van der Waals surface area contributed by atoms with E-state index >= 15 is 0 Å². The summed E-state index contributed by atoms with van der Waals surface area (Å²) in [5.74, 6) is -0.474. The highest BCUT2D eigenvalue weighted by molar-refractivity contribution is 5.73. The van der Waals surface area contributed by atoms with Crippen LogP contribution in [0, 0.1) is 10.1 Å². The van der Waals surface area contributed by atoms with Gasteiger partial charge in [0.25, 0.3) is 0 Å². The normalized spacial score (nSPS) is 15.7. The van der Waals surface area contributed by atoms with Crippen molar-refractivity contribution in [3.05, 3.63) is 40.7 Å². The third-order valence-corrected chi connectivity index (χ3v) is 4.12. The highest BCUT2D eigenvalue weighted by atomic mass is 19.4. The van der Waals surface area contributed by atoms with Gasteiger partial charge in [0, 0.05) is 31.9 Å². The Balaban J connectivity index is 1.77. The summed E-state index contributed by atoms with van der Waals surface area (Å²) in [4.78, 5) is 21.0. The molecule has 13 heteroatoms. The average Bonchev–Trinajstić information content (AvgIpc) is 2.64. The molecule has 1 fully saturated rings. The van der Waals surface area contributed by atoms with Crippen molar-refractivity contribution in [2.75, 3.05) is 44.0 Å². The maximum atomic E-state index is 12.2. The standard InChI is InChI=1S/C16H18F3N7O3/c1-24-6-8-25(9-7-24)23-15-13(26(27)28)14(20-10-21-15)22-11-2-4-12(5-3-11)29-16(17,18)19/h2-5,10H,6-9H2,1H3,(H2,20,21,22,23). The maximum Gasteiger partial charge on any atom is 0.573 e. The van der Waals surface area contributed by atoms with Crippen molar-refractivity contribution < 1.29 is 22.8 Å². The van der Waals surface area contributed by atoms with Crippen LogP contribution in [-0.4, -0.2) is 64.4 Å². The van der Waals surface area contributed by atoms with Crippen molar-refractivity contribution >= 4 is 23.0 Å². The number of hydrogen-bond acceptors (Lipinski definition) is 9. The van der Waals surface area contributed by atoms with Crippen molar-refractivity contribution in [1.29, 1.82) is 0 Å². The van der Waals surface area contributed by atoms with Gasteiger partial charge in [0.2, 0.25) is 11.6 Å². The molecule has 1 aliphatic heterocycles. The average molecular weight is 413 g/mol. The fourth-order valence-electron chi connectivity index (χ4n) is 2.67. The highest BCUT2D eigenvalue weighted by Gasteiger charge is 2.31. The topological polar surface area (TPSA) is 109 Å². The van der Waals surface area contributed by atoms with E-state index in [1.807, 2.05) is 12.1 Å². The molecule has 2 heterocycles. The largest absolute Gasteiger partial charge is 0.573 e. The molecule has 0 amide bonds. The summed E-state index contributed by atoms with van der Waals surface area (Å²) >= 11 is 0. The summed E-state index contributed by atoms with van der Waals surface area (Å²) in [6.45, 7) is 2.90. The molecule has 2 aromatic rings. The third-order valence-electron chi connectivity index (χ3n) is 4.12. The number of ether oxygens (including phenoxy) is 1. The van der Waals surface area contributed by atoms with Gasteiger partial charge in [0.05, 0.1) is 4.92 Å². The third kappa shape index (κ3) is 5.65. The Morgan fingerprint density at radius 2 is 1.72 bits per heavy atom. The van der Waals surface area contributed by atoms with E-state index in [1.165, 1.54) is 12.1 Å². The Kier molecular flexibility index (Phi) is 5.98. The molecule has 29 heavy (non-hydrogen) atoms.